The molecule has 1 saturated carbocycles. The third kappa shape index (κ3) is 3.48. The summed E-state index contributed by atoms with van der Waals surface area (Å²) in [5.41, 5.74) is -0.197. The smallest absolute Gasteiger partial charge is 0.254 e. The molecule has 1 aliphatic carbocycles. The lowest BCUT2D eigenvalue weighted by atomic mass is 9.83. The lowest BCUT2D eigenvalue weighted by Gasteiger charge is -2.36. The van der Waals surface area contributed by atoms with E-state index in [2.05, 4.69) is 21.2 Å². The standard InChI is InChI=1S/C14H16BrClFNO/c15-9-14(6-2-1-3-7-14)18-13(19)11-5-4-10(16)8-12(11)17/h4-5,8H,1-3,6-7,9H2,(H,18,19). The van der Waals surface area contributed by atoms with E-state index < -0.39 is 5.82 Å². The Hall–Kier alpha value is -0.610. The summed E-state index contributed by atoms with van der Waals surface area (Å²) >= 11 is 9.16. The van der Waals surface area contributed by atoms with Crippen molar-refractivity contribution in [3.8, 4) is 0 Å². The number of halogens is 3. The molecular formula is C14H16BrClFNO. The highest BCUT2D eigenvalue weighted by Gasteiger charge is 2.33. The van der Waals surface area contributed by atoms with E-state index in [9.17, 15) is 9.18 Å². The number of carbonyl (C=O) groups is 1. The van der Waals surface area contributed by atoms with E-state index >= 15 is 0 Å². The van der Waals surface area contributed by atoms with Gasteiger partial charge in [-0.15, -0.1) is 0 Å². The van der Waals surface area contributed by atoms with Gasteiger partial charge in [-0.05, 0) is 31.0 Å². The maximum absolute atomic E-state index is 13.7. The molecule has 0 radical (unpaired) electrons. The lowest BCUT2D eigenvalue weighted by molar-refractivity contribution is 0.0882. The Kier molecular flexibility index (Phi) is 4.85. The molecule has 0 atom stereocenters. The summed E-state index contributed by atoms with van der Waals surface area (Å²) in [5.74, 6) is -0.943. The minimum Gasteiger partial charge on any atom is -0.346 e. The number of nitrogens with one attached hydrogen (secondary N) is 1. The van der Waals surface area contributed by atoms with Gasteiger partial charge in [0.1, 0.15) is 5.82 Å². The van der Waals surface area contributed by atoms with Gasteiger partial charge in [0.15, 0.2) is 0 Å². The minimum atomic E-state index is -0.578. The van der Waals surface area contributed by atoms with Gasteiger partial charge in [-0.3, -0.25) is 4.79 Å². The first kappa shape index (κ1) is 14.8. The second-order valence-corrected chi connectivity index (χ2v) is 6.05. The summed E-state index contributed by atoms with van der Waals surface area (Å²) in [4.78, 5) is 12.2. The topological polar surface area (TPSA) is 29.1 Å². The second-order valence-electron chi connectivity index (χ2n) is 5.05. The summed E-state index contributed by atoms with van der Waals surface area (Å²) in [6.45, 7) is 0. The average Bonchev–Trinajstić information content (AvgIpc) is 2.39. The van der Waals surface area contributed by atoms with Gasteiger partial charge in [-0.1, -0.05) is 46.8 Å². The van der Waals surface area contributed by atoms with E-state index in [1.165, 1.54) is 18.6 Å². The molecule has 1 amide bonds. The summed E-state index contributed by atoms with van der Waals surface area (Å²) in [6.07, 6.45) is 5.24. The van der Waals surface area contributed by atoms with Crippen LogP contribution in [0.3, 0.4) is 0 Å². The van der Waals surface area contributed by atoms with Gasteiger partial charge in [0.2, 0.25) is 0 Å². The summed E-state index contributed by atoms with van der Waals surface area (Å²) in [5, 5.41) is 3.98. The van der Waals surface area contributed by atoms with Crippen molar-refractivity contribution in [1.82, 2.24) is 5.32 Å². The van der Waals surface area contributed by atoms with Crippen LogP contribution < -0.4 is 5.32 Å². The van der Waals surface area contributed by atoms with Gasteiger partial charge in [-0.25, -0.2) is 4.39 Å². The van der Waals surface area contributed by atoms with Crippen molar-refractivity contribution in [2.45, 2.75) is 37.6 Å². The Morgan fingerprint density at radius 2 is 2.05 bits per heavy atom. The van der Waals surface area contributed by atoms with Gasteiger partial charge in [0, 0.05) is 10.4 Å². The molecule has 1 N–H and O–H groups in total. The van der Waals surface area contributed by atoms with E-state index in [1.54, 1.807) is 0 Å². The van der Waals surface area contributed by atoms with Crippen molar-refractivity contribution < 1.29 is 9.18 Å². The van der Waals surface area contributed by atoms with Crippen molar-refractivity contribution in [2.75, 3.05) is 5.33 Å². The predicted octanol–water partition coefficient (Wildman–Crippen LogP) is 4.31. The fourth-order valence-corrected chi connectivity index (χ4v) is 3.36. The van der Waals surface area contributed by atoms with Crippen molar-refractivity contribution in [1.29, 1.82) is 0 Å². The molecule has 2 rings (SSSR count). The normalized spacial score (nSPS) is 18.1. The Balaban J connectivity index is 2.15. The van der Waals surface area contributed by atoms with Gasteiger partial charge in [-0.2, -0.15) is 0 Å². The fourth-order valence-electron chi connectivity index (χ4n) is 2.50. The first-order valence-electron chi connectivity index (χ1n) is 6.40. The summed E-state index contributed by atoms with van der Waals surface area (Å²) in [6, 6.07) is 4.12. The quantitative estimate of drug-likeness (QED) is 0.810. The monoisotopic (exact) mass is 347 g/mol. The van der Waals surface area contributed by atoms with Gasteiger partial charge >= 0.3 is 0 Å². The van der Waals surface area contributed by atoms with Crippen LogP contribution in [0.1, 0.15) is 42.5 Å². The van der Waals surface area contributed by atoms with Gasteiger partial charge < -0.3 is 5.32 Å². The van der Waals surface area contributed by atoms with E-state index in [0.29, 0.717) is 10.4 Å². The van der Waals surface area contributed by atoms with Crippen LogP contribution in [0, 0.1) is 5.82 Å². The molecule has 1 aliphatic rings. The molecule has 0 heterocycles. The molecule has 0 spiro atoms. The molecular weight excluding hydrogens is 333 g/mol. The molecule has 0 saturated heterocycles. The fraction of sp³-hybridized carbons (Fsp3) is 0.500. The van der Waals surface area contributed by atoms with E-state index in [1.807, 2.05) is 0 Å². The number of hydrogen-bond donors (Lipinski definition) is 1. The van der Waals surface area contributed by atoms with Crippen LogP contribution in [0.4, 0.5) is 4.39 Å². The number of hydrogen-bond acceptors (Lipinski definition) is 1. The van der Waals surface area contributed by atoms with E-state index in [0.717, 1.165) is 31.7 Å². The molecule has 1 aromatic carbocycles. The van der Waals surface area contributed by atoms with Crippen molar-refractivity contribution in [2.24, 2.45) is 0 Å². The van der Waals surface area contributed by atoms with Crippen LogP contribution >= 0.6 is 27.5 Å². The third-order valence-electron chi connectivity index (χ3n) is 3.62. The van der Waals surface area contributed by atoms with E-state index in [4.69, 9.17) is 11.6 Å². The number of benzene rings is 1. The third-order valence-corrected chi connectivity index (χ3v) is 4.93. The largest absolute Gasteiger partial charge is 0.346 e. The zero-order chi connectivity index (χ0) is 13.9. The summed E-state index contributed by atoms with van der Waals surface area (Å²) < 4.78 is 13.7. The Morgan fingerprint density at radius 3 is 2.63 bits per heavy atom. The molecule has 0 aromatic heterocycles. The minimum absolute atomic E-state index is 0.0512. The highest BCUT2D eigenvalue weighted by molar-refractivity contribution is 9.09. The predicted molar refractivity (Wildman–Crippen MR) is 78.5 cm³/mol. The molecule has 0 unspecified atom stereocenters. The Morgan fingerprint density at radius 1 is 1.37 bits per heavy atom. The lowest BCUT2D eigenvalue weighted by Crippen LogP contribution is -2.51. The van der Waals surface area contributed by atoms with Crippen LogP contribution in [0.5, 0.6) is 0 Å². The molecule has 5 heteroatoms. The van der Waals surface area contributed by atoms with Crippen LogP contribution in [0.2, 0.25) is 5.02 Å². The van der Waals surface area contributed by atoms with Crippen molar-refractivity contribution >= 4 is 33.4 Å². The zero-order valence-corrected chi connectivity index (χ0v) is 12.9. The maximum Gasteiger partial charge on any atom is 0.254 e. The molecule has 1 fully saturated rings. The van der Waals surface area contributed by atoms with Crippen LogP contribution in [0.15, 0.2) is 18.2 Å². The first-order valence-corrected chi connectivity index (χ1v) is 7.90. The van der Waals surface area contributed by atoms with E-state index in [-0.39, 0.29) is 17.0 Å². The summed E-state index contributed by atoms with van der Waals surface area (Å²) in [7, 11) is 0. The maximum atomic E-state index is 13.7. The number of alkyl halides is 1. The average molecular weight is 349 g/mol. The SMILES string of the molecule is O=C(NC1(CBr)CCCCC1)c1ccc(Cl)cc1F. The number of carbonyl (C=O) groups excluding carboxylic acids is 1. The molecule has 19 heavy (non-hydrogen) atoms. The first-order chi connectivity index (χ1) is 9.06. The van der Waals surface area contributed by atoms with Gasteiger partial charge in [0.05, 0.1) is 11.1 Å². The van der Waals surface area contributed by atoms with Crippen LogP contribution in [-0.2, 0) is 0 Å². The highest BCUT2D eigenvalue weighted by atomic mass is 79.9. The van der Waals surface area contributed by atoms with Crippen LogP contribution in [0.25, 0.3) is 0 Å². The zero-order valence-electron chi connectivity index (χ0n) is 10.5. The molecule has 1 aromatic rings. The van der Waals surface area contributed by atoms with Crippen LogP contribution in [-0.4, -0.2) is 16.8 Å². The second kappa shape index (κ2) is 6.23. The molecule has 0 bridgehead atoms. The molecule has 2 nitrogen and oxygen atoms in total. The van der Waals surface area contributed by atoms with Crippen molar-refractivity contribution in [3.05, 3.63) is 34.6 Å². The molecule has 0 aliphatic heterocycles. The van der Waals surface area contributed by atoms with Crippen molar-refractivity contribution in [3.63, 3.8) is 0 Å². The highest BCUT2D eigenvalue weighted by Crippen LogP contribution is 2.30. The Bertz CT molecular complexity index is 475. The Labute approximate surface area is 125 Å². The van der Waals surface area contributed by atoms with Gasteiger partial charge in [0.25, 0.3) is 5.91 Å². The molecule has 104 valence electrons. The number of rotatable bonds is 3. The number of amides is 1.